The van der Waals surface area contributed by atoms with E-state index in [1.807, 2.05) is 20.8 Å². The number of carbonyl (C=O) groups excluding carboxylic acids is 2. The van der Waals surface area contributed by atoms with Crippen molar-refractivity contribution < 1.29 is 19.5 Å². The van der Waals surface area contributed by atoms with Crippen molar-refractivity contribution in [3.05, 3.63) is 44.8 Å². The molecular formula is C21H24Cl2N4O4S. The van der Waals surface area contributed by atoms with Crippen molar-refractivity contribution in [2.45, 2.75) is 26.2 Å². The number of anilines is 2. The Hall–Kier alpha value is -2.49. The monoisotopic (exact) mass is 498 g/mol. The molecule has 32 heavy (non-hydrogen) atoms. The Kier molecular flexibility index (Phi) is 7.22. The van der Waals surface area contributed by atoms with Gasteiger partial charge in [0.2, 0.25) is 0 Å². The Bertz CT molecular complexity index is 1040. The van der Waals surface area contributed by atoms with Gasteiger partial charge >= 0.3 is 12.1 Å². The molecule has 0 bridgehead atoms. The Morgan fingerprint density at radius 1 is 1.03 bits per heavy atom. The molecule has 4 amide bonds. The van der Waals surface area contributed by atoms with Crippen LogP contribution in [0.3, 0.4) is 0 Å². The summed E-state index contributed by atoms with van der Waals surface area (Å²) >= 11 is 13.5. The average molecular weight is 499 g/mol. The highest BCUT2D eigenvalue weighted by molar-refractivity contribution is 7.16. The Balaban J connectivity index is 1.81. The van der Waals surface area contributed by atoms with Crippen LogP contribution in [0.5, 0.6) is 0 Å². The highest BCUT2D eigenvalue weighted by atomic mass is 35.5. The van der Waals surface area contributed by atoms with Crippen LogP contribution in [0.15, 0.2) is 24.3 Å². The SMILES string of the molecule is CC(C)(C)c1cc(C(=O)N2CCN(C(=O)O)CC2)c(NC(=O)Nc2cccc(Cl)c2Cl)s1. The zero-order valence-corrected chi connectivity index (χ0v) is 20.2. The van der Waals surface area contributed by atoms with Crippen LogP contribution in [0.4, 0.5) is 20.3 Å². The topological polar surface area (TPSA) is 102 Å². The standard InChI is InChI=1S/C21H24Cl2N4O4S/c1-21(2,3)15-11-12(18(28)26-7-9-27(10-8-26)20(30)31)17(32-15)25-19(29)24-14-6-4-5-13(22)16(14)23/h4-6,11H,7-10H2,1-3H3,(H,30,31)(H2,24,25,29). The lowest BCUT2D eigenvalue weighted by Crippen LogP contribution is -2.50. The molecule has 1 aromatic carbocycles. The molecule has 3 N–H and O–H groups in total. The van der Waals surface area contributed by atoms with Gasteiger partial charge in [-0.1, -0.05) is 50.0 Å². The van der Waals surface area contributed by atoms with Crippen LogP contribution in [0.2, 0.25) is 10.0 Å². The van der Waals surface area contributed by atoms with Gasteiger partial charge in [0.25, 0.3) is 5.91 Å². The highest BCUT2D eigenvalue weighted by Crippen LogP contribution is 2.37. The molecule has 11 heteroatoms. The first kappa shape index (κ1) is 24.2. The molecule has 172 valence electrons. The number of nitrogens with one attached hydrogen (secondary N) is 2. The van der Waals surface area contributed by atoms with Crippen LogP contribution in [0.25, 0.3) is 0 Å². The van der Waals surface area contributed by atoms with Crippen molar-refractivity contribution in [3.63, 3.8) is 0 Å². The lowest BCUT2D eigenvalue weighted by molar-refractivity contribution is 0.0626. The number of nitrogens with zero attached hydrogens (tertiary/aromatic N) is 2. The minimum Gasteiger partial charge on any atom is -0.465 e. The number of carbonyl (C=O) groups is 3. The summed E-state index contributed by atoms with van der Waals surface area (Å²) in [5, 5.41) is 15.5. The maximum Gasteiger partial charge on any atom is 0.407 e. The Morgan fingerprint density at radius 2 is 1.66 bits per heavy atom. The van der Waals surface area contributed by atoms with Crippen molar-refractivity contribution in [1.82, 2.24) is 9.80 Å². The second kappa shape index (κ2) is 9.56. The molecule has 2 aromatic rings. The van der Waals surface area contributed by atoms with Crippen LogP contribution in [-0.4, -0.2) is 59.1 Å². The van der Waals surface area contributed by atoms with Crippen LogP contribution in [-0.2, 0) is 5.41 Å². The molecule has 0 unspecified atom stereocenters. The van der Waals surface area contributed by atoms with Gasteiger partial charge in [-0.15, -0.1) is 11.3 Å². The van der Waals surface area contributed by atoms with E-state index in [0.29, 0.717) is 21.3 Å². The largest absolute Gasteiger partial charge is 0.465 e. The van der Waals surface area contributed by atoms with E-state index in [1.165, 1.54) is 16.2 Å². The Morgan fingerprint density at radius 3 is 2.25 bits per heavy atom. The summed E-state index contributed by atoms with van der Waals surface area (Å²) < 4.78 is 0. The number of thiophene rings is 1. The van der Waals surface area contributed by atoms with Crippen molar-refractivity contribution in [2.24, 2.45) is 0 Å². The molecule has 1 aliphatic heterocycles. The van der Waals surface area contributed by atoms with Crippen molar-refractivity contribution >= 4 is 63.3 Å². The zero-order chi connectivity index (χ0) is 23.6. The number of amides is 4. The fourth-order valence-corrected chi connectivity index (χ4v) is 4.59. The van der Waals surface area contributed by atoms with Gasteiger partial charge in [-0.25, -0.2) is 9.59 Å². The fourth-order valence-electron chi connectivity index (χ4n) is 3.14. The second-order valence-electron chi connectivity index (χ2n) is 8.35. The summed E-state index contributed by atoms with van der Waals surface area (Å²) in [6, 6.07) is 6.14. The molecule has 3 rings (SSSR count). The normalized spacial score (nSPS) is 14.3. The lowest BCUT2D eigenvalue weighted by atomic mass is 9.94. The predicted octanol–water partition coefficient (Wildman–Crippen LogP) is 5.43. The van der Waals surface area contributed by atoms with Crippen LogP contribution in [0, 0.1) is 0 Å². The molecule has 0 radical (unpaired) electrons. The maximum atomic E-state index is 13.2. The maximum absolute atomic E-state index is 13.2. The molecule has 0 spiro atoms. The van der Waals surface area contributed by atoms with E-state index in [-0.39, 0.29) is 42.5 Å². The summed E-state index contributed by atoms with van der Waals surface area (Å²) in [4.78, 5) is 40.8. The van der Waals surface area contributed by atoms with Gasteiger partial charge in [0.05, 0.1) is 21.3 Å². The van der Waals surface area contributed by atoms with E-state index < -0.39 is 12.1 Å². The zero-order valence-electron chi connectivity index (χ0n) is 17.9. The average Bonchev–Trinajstić information content (AvgIpc) is 3.15. The van der Waals surface area contributed by atoms with E-state index in [0.717, 1.165) is 4.88 Å². The van der Waals surface area contributed by atoms with E-state index in [1.54, 1.807) is 29.2 Å². The minimum absolute atomic E-state index is 0.221. The summed E-state index contributed by atoms with van der Waals surface area (Å²) in [6.07, 6.45) is -0.999. The molecule has 0 atom stereocenters. The number of hydrogen-bond acceptors (Lipinski definition) is 4. The lowest BCUT2D eigenvalue weighted by Gasteiger charge is -2.33. The smallest absolute Gasteiger partial charge is 0.407 e. The van der Waals surface area contributed by atoms with E-state index >= 15 is 0 Å². The van der Waals surface area contributed by atoms with Gasteiger partial charge < -0.3 is 20.2 Å². The molecule has 8 nitrogen and oxygen atoms in total. The first-order valence-corrected chi connectivity index (χ1v) is 11.5. The first-order valence-electron chi connectivity index (χ1n) is 9.91. The van der Waals surface area contributed by atoms with Gasteiger partial charge in [-0.3, -0.25) is 10.1 Å². The number of carboxylic acid groups (broad SMARTS) is 1. The quantitative estimate of drug-likeness (QED) is 0.524. The molecule has 2 heterocycles. The second-order valence-corrected chi connectivity index (χ2v) is 10.2. The number of piperazine rings is 1. The first-order chi connectivity index (χ1) is 15.0. The third kappa shape index (κ3) is 5.46. The van der Waals surface area contributed by atoms with Gasteiger partial charge in [-0.2, -0.15) is 0 Å². The number of rotatable bonds is 3. The number of halogens is 2. The molecule has 1 saturated heterocycles. The van der Waals surface area contributed by atoms with Gasteiger partial charge in [-0.05, 0) is 23.6 Å². The van der Waals surface area contributed by atoms with Gasteiger partial charge in [0.15, 0.2) is 0 Å². The summed E-state index contributed by atoms with van der Waals surface area (Å²) in [5.74, 6) is -0.252. The number of hydrogen-bond donors (Lipinski definition) is 3. The third-order valence-corrected chi connectivity index (χ3v) is 7.26. The number of urea groups is 1. The summed E-state index contributed by atoms with van der Waals surface area (Å²) in [7, 11) is 0. The molecule has 0 aliphatic carbocycles. The summed E-state index contributed by atoms with van der Waals surface area (Å²) in [5.41, 5.74) is 0.493. The van der Waals surface area contributed by atoms with Crippen LogP contribution < -0.4 is 10.6 Å². The fraction of sp³-hybridized carbons (Fsp3) is 0.381. The molecule has 1 fully saturated rings. The molecule has 0 saturated carbocycles. The van der Waals surface area contributed by atoms with Crippen molar-refractivity contribution in [1.29, 1.82) is 0 Å². The predicted molar refractivity (Wildman–Crippen MR) is 128 cm³/mol. The van der Waals surface area contributed by atoms with E-state index in [9.17, 15) is 14.4 Å². The molecule has 1 aliphatic rings. The Labute approximate surface area is 200 Å². The minimum atomic E-state index is -0.999. The summed E-state index contributed by atoms with van der Waals surface area (Å²) in [6.45, 7) is 7.13. The van der Waals surface area contributed by atoms with E-state index in [2.05, 4.69) is 10.6 Å². The van der Waals surface area contributed by atoms with Crippen molar-refractivity contribution in [3.8, 4) is 0 Å². The van der Waals surface area contributed by atoms with Crippen LogP contribution >= 0.6 is 34.5 Å². The van der Waals surface area contributed by atoms with Crippen LogP contribution in [0.1, 0.15) is 36.0 Å². The third-order valence-electron chi connectivity index (χ3n) is 4.97. The number of benzene rings is 1. The molecular weight excluding hydrogens is 475 g/mol. The molecule has 1 aromatic heterocycles. The van der Waals surface area contributed by atoms with Gasteiger partial charge in [0, 0.05) is 31.1 Å². The van der Waals surface area contributed by atoms with E-state index in [4.69, 9.17) is 28.3 Å². The highest BCUT2D eigenvalue weighted by Gasteiger charge is 2.29. The van der Waals surface area contributed by atoms with Gasteiger partial charge in [0.1, 0.15) is 5.00 Å². The van der Waals surface area contributed by atoms with Crippen molar-refractivity contribution in [2.75, 3.05) is 36.8 Å².